The van der Waals surface area contributed by atoms with Gasteiger partial charge in [-0.15, -0.1) is 0 Å². The number of methoxy groups -OCH3 is 3. The summed E-state index contributed by atoms with van der Waals surface area (Å²) in [6, 6.07) is 7.66. The van der Waals surface area contributed by atoms with Crippen LogP contribution in [0.15, 0.2) is 30.5 Å². The number of benzene rings is 1. The third-order valence-corrected chi connectivity index (χ3v) is 5.71. The Morgan fingerprint density at radius 3 is 2.27 bits per heavy atom. The fourth-order valence-electron chi connectivity index (χ4n) is 3.94. The van der Waals surface area contributed by atoms with Gasteiger partial charge in [0.2, 0.25) is 5.75 Å². The predicted octanol–water partition coefficient (Wildman–Crippen LogP) is 1.77. The second kappa shape index (κ2) is 9.86. The number of piperazine rings is 1. The van der Waals surface area contributed by atoms with Crippen LogP contribution in [0.1, 0.15) is 22.1 Å². The third kappa shape index (κ3) is 4.55. The van der Waals surface area contributed by atoms with E-state index in [-0.39, 0.29) is 11.9 Å². The molecule has 3 rings (SSSR count). The summed E-state index contributed by atoms with van der Waals surface area (Å²) in [5.41, 5.74) is 1.60. The summed E-state index contributed by atoms with van der Waals surface area (Å²) < 4.78 is 18.3. The molecule has 1 amide bonds. The number of nitrogens with one attached hydrogen (secondary N) is 1. The number of likely N-dealkylation sites (N-methyl/N-ethyl adjacent to an activating group) is 1. The van der Waals surface area contributed by atoms with Crippen molar-refractivity contribution < 1.29 is 19.0 Å². The van der Waals surface area contributed by atoms with E-state index in [0.29, 0.717) is 29.4 Å². The first-order valence-corrected chi connectivity index (χ1v) is 10.1. The van der Waals surface area contributed by atoms with E-state index in [9.17, 15) is 4.79 Å². The van der Waals surface area contributed by atoms with Crippen molar-refractivity contribution in [3.05, 3.63) is 41.7 Å². The molecule has 8 nitrogen and oxygen atoms in total. The lowest BCUT2D eigenvalue weighted by molar-refractivity contribution is 0.0874. The SMILES string of the molecule is COc1ccc(C(=O)NC[C@@H](c2cccn2C)N2CCN(C)CC2)c(OC)c1OC. The van der Waals surface area contributed by atoms with Gasteiger partial charge in [0.15, 0.2) is 11.5 Å². The van der Waals surface area contributed by atoms with Gasteiger partial charge in [0.1, 0.15) is 0 Å². The van der Waals surface area contributed by atoms with Gasteiger partial charge in [-0.05, 0) is 31.3 Å². The van der Waals surface area contributed by atoms with Crippen molar-refractivity contribution in [3.8, 4) is 17.2 Å². The molecule has 1 aromatic carbocycles. The summed E-state index contributed by atoms with van der Waals surface area (Å²) in [4.78, 5) is 17.8. The summed E-state index contributed by atoms with van der Waals surface area (Å²) >= 11 is 0. The molecular weight excluding hydrogens is 384 g/mol. The molecule has 1 N–H and O–H groups in total. The van der Waals surface area contributed by atoms with E-state index in [1.54, 1.807) is 19.2 Å². The van der Waals surface area contributed by atoms with Gasteiger partial charge < -0.3 is 29.0 Å². The van der Waals surface area contributed by atoms with Crippen LogP contribution in [0.25, 0.3) is 0 Å². The fraction of sp³-hybridized carbons (Fsp3) is 0.500. The first-order chi connectivity index (χ1) is 14.5. The second-order valence-electron chi connectivity index (χ2n) is 7.49. The lowest BCUT2D eigenvalue weighted by atomic mass is 10.1. The maximum atomic E-state index is 13.1. The Labute approximate surface area is 178 Å². The van der Waals surface area contributed by atoms with Crippen molar-refractivity contribution in [2.24, 2.45) is 7.05 Å². The molecule has 0 aliphatic carbocycles. The standard InChI is InChI=1S/C22H32N4O4/c1-24-11-13-26(14-12-24)18(17-7-6-10-25(17)2)15-23-22(27)16-8-9-19(28-3)21(30-5)20(16)29-4/h6-10,18H,11-15H2,1-5H3,(H,23,27)/t18-/m0/s1. The number of nitrogens with zero attached hydrogens (tertiary/aromatic N) is 3. The van der Waals surface area contributed by atoms with Crippen molar-refractivity contribution in [1.82, 2.24) is 19.7 Å². The molecule has 1 atom stereocenters. The highest BCUT2D eigenvalue weighted by Gasteiger charge is 2.27. The lowest BCUT2D eigenvalue weighted by Crippen LogP contribution is -2.48. The highest BCUT2D eigenvalue weighted by atomic mass is 16.5. The van der Waals surface area contributed by atoms with Crippen molar-refractivity contribution in [2.75, 3.05) is 61.1 Å². The predicted molar refractivity (Wildman–Crippen MR) is 116 cm³/mol. The molecule has 0 spiro atoms. The van der Waals surface area contributed by atoms with Crippen LogP contribution in [0.2, 0.25) is 0 Å². The first kappa shape index (κ1) is 22.0. The Bertz CT molecular complexity index is 859. The maximum absolute atomic E-state index is 13.1. The van der Waals surface area contributed by atoms with Crippen molar-refractivity contribution in [2.45, 2.75) is 6.04 Å². The van der Waals surface area contributed by atoms with E-state index in [4.69, 9.17) is 14.2 Å². The quantitative estimate of drug-likeness (QED) is 0.708. The normalized spacial score (nSPS) is 16.2. The number of aryl methyl sites for hydroxylation is 1. The Morgan fingerprint density at radius 1 is 1.00 bits per heavy atom. The molecule has 30 heavy (non-hydrogen) atoms. The maximum Gasteiger partial charge on any atom is 0.255 e. The van der Waals surface area contributed by atoms with E-state index in [1.807, 2.05) is 19.3 Å². The zero-order chi connectivity index (χ0) is 21.7. The molecule has 2 aromatic rings. The fourth-order valence-corrected chi connectivity index (χ4v) is 3.94. The van der Waals surface area contributed by atoms with E-state index in [1.165, 1.54) is 19.9 Å². The van der Waals surface area contributed by atoms with Crippen LogP contribution in [-0.4, -0.2) is 81.4 Å². The average molecular weight is 417 g/mol. The van der Waals surface area contributed by atoms with Gasteiger partial charge in [-0.1, -0.05) is 0 Å². The number of amides is 1. The van der Waals surface area contributed by atoms with Gasteiger partial charge in [0.05, 0.1) is 32.9 Å². The van der Waals surface area contributed by atoms with E-state index in [0.717, 1.165) is 26.2 Å². The number of carbonyl (C=O) groups excluding carboxylic acids is 1. The molecule has 1 aromatic heterocycles. The third-order valence-electron chi connectivity index (χ3n) is 5.71. The van der Waals surface area contributed by atoms with Crippen molar-refractivity contribution >= 4 is 5.91 Å². The van der Waals surface area contributed by atoms with Crippen LogP contribution >= 0.6 is 0 Å². The second-order valence-corrected chi connectivity index (χ2v) is 7.49. The number of rotatable bonds is 8. The molecular formula is C22H32N4O4. The summed E-state index contributed by atoms with van der Waals surface area (Å²) in [6.45, 7) is 4.44. The van der Waals surface area contributed by atoms with Gasteiger partial charge in [0.25, 0.3) is 5.91 Å². The minimum Gasteiger partial charge on any atom is -0.493 e. The minimum atomic E-state index is -0.207. The molecule has 2 heterocycles. The van der Waals surface area contributed by atoms with Gasteiger partial charge in [-0.3, -0.25) is 9.69 Å². The molecule has 1 aliphatic heterocycles. The molecule has 1 saturated heterocycles. The molecule has 8 heteroatoms. The van der Waals surface area contributed by atoms with E-state index < -0.39 is 0 Å². The lowest BCUT2D eigenvalue weighted by Gasteiger charge is -2.38. The number of carbonyl (C=O) groups is 1. The summed E-state index contributed by atoms with van der Waals surface area (Å²) in [5, 5.41) is 3.10. The Kier molecular flexibility index (Phi) is 7.23. The van der Waals surface area contributed by atoms with Crippen LogP contribution in [0.4, 0.5) is 0 Å². The van der Waals surface area contributed by atoms with Gasteiger partial charge in [-0.25, -0.2) is 0 Å². The van der Waals surface area contributed by atoms with E-state index >= 15 is 0 Å². The van der Waals surface area contributed by atoms with Crippen LogP contribution in [0, 0.1) is 0 Å². The highest BCUT2D eigenvalue weighted by molar-refractivity contribution is 5.98. The molecule has 0 unspecified atom stereocenters. The summed E-state index contributed by atoms with van der Waals surface area (Å²) in [5.74, 6) is 1.08. The minimum absolute atomic E-state index is 0.0915. The van der Waals surface area contributed by atoms with E-state index in [2.05, 4.69) is 32.8 Å². The van der Waals surface area contributed by atoms with Gasteiger partial charge >= 0.3 is 0 Å². The largest absolute Gasteiger partial charge is 0.493 e. The Balaban J connectivity index is 1.80. The van der Waals surface area contributed by atoms with Gasteiger partial charge in [-0.2, -0.15) is 0 Å². The zero-order valence-electron chi connectivity index (χ0n) is 18.5. The van der Waals surface area contributed by atoms with Crippen LogP contribution in [0.3, 0.4) is 0 Å². The summed E-state index contributed by atoms with van der Waals surface area (Å²) in [6.07, 6.45) is 2.04. The molecule has 1 fully saturated rings. The van der Waals surface area contributed by atoms with Crippen molar-refractivity contribution in [1.29, 1.82) is 0 Å². The smallest absolute Gasteiger partial charge is 0.255 e. The molecule has 0 radical (unpaired) electrons. The number of aromatic nitrogens is 1. The Morgan fingerprint density at radius 2 is 1.70 bits per heavy atom. The molecule has 0 bridgehead atoms. The van der Waals surface area contributed by atoms with Crippen molar-refractivity contribution in [3.63, 3.8) is 0 Å². The first-order valence-electron chi connectivity index (χ1n) is 10.1. The zero-order valence-corrected chi connectivity index (χ0v) is 18.5. The Hall–Kier alpha value is -2.71. The molecule has 0 saturated carbocycles. The van der Waals surface area contributed by atoms with Gasteiger partial charge in [0, 0.05) is 51.7 Å². The van der Waals surface area contributed by atoms with Crippen LogP contribution < -0.4 is 19.5 Å². The van der Waals surface area contributed by atoms with Crippen LogP contribution in [-0.2, 0) is 7.05 Å². The molecule has 164 valence electrons. The van der Waals surface area contributed by atoms with Crippen LogP contribution in [0.5, 0.6) is 17.2 Å². The summed E-state index contributed by atoms with van der Waals surface area (Å²) in [7, 11) is 8.78. The topological polar surface area (TPSA) is 68.2 Å². The number of ether oxygens (including phenoxy) is 3. The highest BCUT2D eigenvalue weighted by Crippen LogP contribution is 2.39. The molecule has 1 aliphatic rings. The number of hydrogen-bond acceptors (Lipinski definition) is 6. The number of hydrogen-bond donors (Lipinski definition) is 1. The average Bonchev–Trinajstić information content (AvgIpc) is 3.19. The monoisotopic (exact) mass is 416 g/mol.